The van der Waals surface area contributed by atoms with Crippen LogP contribution in [0.25, 0.3) is 0 Å². The fraction of sp³-hybridized carbons (Fsp3) is 0.545. The monoisotopic (exact) mass is 260 g/mol. The van der Waals surface area contributed by atoms with Crippen molar-refractivity contribution in [3.8, 4) is 0 Å². The Morgan fingerprint density at radius 3 is 2.69 bits per heavy atom. The summed E-state index contributed by atoms with van der Waals surface area (Å²) in [7, 11) is 1.86. The van der Waals surface area contributed by atoms with E-state index < -0.39 is 0 Å². The number of hydrogen-bond donors (Lipinski definition) is 2. The number of hydrogen-bond acceptors (Lipinski definition) is 3. The Bertz CT molecular complexity index is 374. The van der Waals surface area contributed by atoms with E-state index in [1.807, 2.05) is 19.2 Å². The molecule has 1 heterocycles. The van der Waals surface area contributed by atoms with E-state index in [2.05, 4.69) is 17.6 Å². The highest BCUT2D eigenvalue weighted by molar-refractivity contribution is 7.17. The molecule has 1 aliphatic carbocycles. The third-order valence-corrected chi connectivity index (χ3v) is 3.96. The SMILES string of the molecule is CNc1ccc(C(=O)NCC2(C)CC2)s1.Cl. The zero-order valence-electron chi connectivity index (χ0n) is 9.50. The molecule has 90 valence electrons. The normalized spacial score (nSPS) is 16.1. The summed E-state index contributed by atoms with van der Waals surface area (Å²) in [4.78, 5) is 12.5. The van der Waals surface area contributed by atoms with Crippen LogP contribution in [-0.2, 0) is 0 Å². The van der Waals surface area contributed by atoms with Gasteiger partial charge in [0, 0.05) is 13.6 Å². The van der Waals surface area contributed by atoms with Gasteiger partial charge in [-0.25, -0.2) is 0 Å². The average molecular weight is 261 g/mol. The van der Waals surface area contributed by atoms with Crippen LogP contribution in [0.15, 0.2) is 12.1 Å². The number of nitrogens with one attached hydrogen (secondary N) is 2. The lowest BCUT2D eigenvalue weighted by Crippen LogP contribution is -2.28. The summed E-state index contributed by atoms with van der Waals surface area (Å²) in [6.45, 7) is 3.01. The summed E-state index contributed by atoms with van der Waals surface area (Å²) in [5.41, 5.74) is 0.374. The molecule has 0 atom stereocenters. The second-order valence-electron chi connectivity index (χ2n) is 4.41. The highest BCUT2D eigenvalue weighted by Crippen LogP contribution is 2.44. The van der Waals surface area contributed by atoms with E-state index in [1.165, 1.54) is 24.2 Å². The van der Waals surface area contributed by atoms with E-state index in [-0.39, 0.29) is 18.3 Å². The number of carbonyl (C=O) groups excluding carboxylic acids is 1. The molecule has 1 aromatic heterocycles. The maximum Gasteiger partial charge on any atom is 0.261 e. The fourth-order valence-electron chi connectivity index (χ4n) is 1.37. The Morgan fingerprint density at radius 2 is 2.19 bits per heavy atom. The molecule has 1 fully saturated rings. The zero-order chi connectivity index (χ0) is 10.9. The van der Waals surface area contributed by atoms with E-state index in [0.717, 1.165) is 16.4 Å². The van der Waals surface area contributed by atoms with Crippen LogP contribution in [0.3, 0.4) is 0 Å². The summed E-state index contributed by atoms with van der Waals surface area (Å²) in [6, 6.07) is 3.79. The standard InChI is InChI=1S/C11H16N2OS.ClH/c1-11(5-6-11)7-13-10(14)8-3-4-9(12-2)15-8;/h3-4,12H,5-7H2,1-2H3,(H,13,14);1H. The molecule has 0 aliphatic heterocycles. The lowest BCUT2D eigenvalue weighted by atomic mass is 10.1. The summed E-state index contributed by atoms with van der Waals surface area (Å²) in [5, 5.41) is 7.03. The Balaban J connectivity index is 0.00000128. The van der Waals surface area contributed by atoms with Crippen LogP contribution in [-0.4, -0.2) is 19.5 Å². The third-order valence-electron chi connectivity index (χ3n) is 2.86. The average Bonchev–Trinajstić information content (AvgIpc) is 2.81. The van der Waals surface area contributed by atoms with E-state index in [4.69, 9.17) is 0 Å². The van der Waals surface area contributed by atoms with Crippen molar-refractivity contribution in [2.75, 3.05) is 18.9 Å². The molecule has 3 nitrogen and oxygen atoms in total. The maximum absolute atomic E-state index is 11.7. The van der Waals surface area contributed by atoms with E-state index in [9.17, 15) is 4.79 Å². The van der Waals surface area contributed by atoms with Gasteiger partial charge < -0.3 is 10.6 Å². The number of rotatable bonds is 4. The molecule has 1 aromatic rings. The quantitative estimate of drug-likeness (QED) is 0.874. The van der Waals surface area contributed by atoms with E-state index >= 15 is 0 Å². The van der Waals surface area contributed by atoms with Crippen molar-refractivity contribution in [1.82, 2.24) is 5.32 Å². The Hall–Kier alpha value is -0.740. The largest absolute Gasteiger partial charge is 0.380 e. The van der Waals surface area contributed by atoms with E-state index in [0.29, 0.717) is 5.41 Å². The van der Waals surface area contributed by atoms with Gasteiger partial charge >= 0.3 is 0 Å². The first kappa shape index (κ1) is 13.3. The fourth-order valence-corrected chi connectivity index (χ4v) is 2.14. The number of anilines is 1. The smallest absolute Gasteiger partial charge is 0.261 e. The first-order valence-electron chi connectivity index (χ1n) is 5.19. The molecule has 0 unspecified atom stereocenters. The van der Waals surface area contributed by atoms with Crippen LogP contribution in [0.4, 0.5) is 5.00 Å². The van der Waals surface area contributed by atoms with Crippen molar-refractivity contribution < 1.29 is 4.79 Å². The van der Waals surface area contributed by atoms with Crippen LogP contribution in [0.5, 0.6) is 0 Å². The van der Waals surface area contributed by atoms with Gasteiger partial charge in [0.1, 0.15) is 0 Å². The van der Waals surface area contributed by atoms with Crippen LogP contribution < -0.4 is 10.6 Å². The highest BCUT2D eigenvalue weighted by Gasteiger charge is 2.37. The summed E-state index contributed by atoms with van der Waals surface area (Å²) in [5.74, 6) is 0.0506. The molecule has 0 radical (unpaired) electrons. The molecule has 0 saturated heterocycles. The Labute approximate surface area is 106 Å². The third kappa shape index (κ3) is 3.12. The van der Waals surface area contributed by atoms with Gasteiger partial charge in [-0.3, -0.25) is 4.79 Å². The minimum Gasteiger partial charge on any atom is -0.380 e. The van der Waals surface area contributed by atoms with Gasteiger partial charge in [0.05, 0.1) is 9.88 Å². The van der Waals surface area contributed by atoms with Crippen molar-refractivity contribution >= 4 is 34.7 Å². The number of carbonyl (C=O) groups is 1. The number of halogens is 1. The predicted octanol–water partition coefficient (Wildman–Crippen LogP) is 2.74. The molecule has 1 aliphatic rings. The maximum atomic E-state index is 11.7. The van der Waals surface area contributed by atoms with Crippen molar-refractivity contribution in [3.63, 3.8) is 0 Å². The van der Waals surface area contributed by atoms with Crippen LogP contribution in [0.1, 0.15) is 29.4 Å². The molecule has 5 heteroatoms. The van der Waals surface area contributed by atoms with Crippen LogP contribution in [0.2, 0.25) is 0 Å². The molecule has 1 saturated carbocycles. The van der Waals surface area contributed by atoms with Gasteiger partial charge in [0.15, 0.2) is 0 Å². The lowest BCUT2D eigenvalue weighted by Gasteiger charge is -2.08. The Morgan fingerprint density at radius 1 is 1.50 bits per heavy atom. The first-order chi connectivity index (χ1) is 7.13. The topological polar surface area (TPSA) is 41.1 Å². The molecule has 2 rings (SSSR count). The number of amides is 1. The summed E-state index contributed by atoms with van der Waals surface area (Å²) in [6.07, 6.45) is 2.47. The Kier molecular flexibility index (Phi) is 4.21. The van der Waals surface area contributed by atoms with Gasteiger partial charge in [0.25, 0.3) is 5.91 Å². The highest BCUT2D eigenvalue weighted by atomic mass is 35.5. The molecule has 0 aromatic carbocycles. The molecule has 16 heavy (non-hydrogen) atoms. The summed E-state index contributed by atoms with van der Waals surface area (Å²) < 4.78 is 0. The molecule has 2 N–H and O–H groups in total. The van der Waals surface area contributed by atoms with E-state index in [1.54, 1.807) is 0 Å². The predicted molar refractivity (Wildman–Crippen MR) is 70.8 cm³/mol. The molecule has 0 bridgehead atoms. The summed E-state index contributed by atoms with van der Waals surface area (Å²) >= 11 is 1.49. The second-order valence-corrected chi connectivity index (χ2v) is 5.49. The zero-order valence-corrected chi connectivity index (χ0v) is 11.1. The molecular formula is C11H17ClN2OS. The minimum atomic E-state index is 0. The van der Waals surface area contributed by atoms with Gasteiger partial charge in [-0.2, -0.15) is 0 Å². The minimum absolute atomic E-state index is 0. The lowest BCUT2D eigenvalue weighted by molar-refractivity contribution is 0.0950. The number of thiophene rings is 1. The van der Waals surface area contributed by atoms with Crippen molar-refractivity contribution in [2.24, 2.45) is 5.41 Å². The van der Waals surface area contributed by atoms with Crippen LogP contribution in [0, 0.1) is 5.41 Å². The molecule has 0 spiro atoms. The van der Waals surface area contributed by atoms with Gasteiger partial charge in [-0.05, 0) is 30.4 Å². The van der Waals surface area contributed by atoms with Crippen molar-refractivity contribution in [1.29, 1.82) is 0 Å². The second kappa shape index (κ2) is 5.06. The first-order valence-corrected chi connectivity index (χ1v) is 6.00. The van der Waals surface area contributed by atoms with Crippen molar-refractivity contribution in [3.05, 3.63) is 17.0 Å². The van der Waals surface area contributed by atoms with Gasteiger partial charge in [-0.15, -0.1) is 23.7 Å². The van der Waals surface area contributed by atoms with Gasteiger partial charge in [-0.1, -0.05) is 6.92 Å². The molecular weight excluding hydrogens is 244 g/mol. The van der Waals surface area contributed by atoms with Crippen molar-refractivity contribution in [2.45, 2.75) is 19.8 Å². The van der Waals surface area contributed by atoms with Gasteiger partial charge in [0.2, 0.25) is 0 Å². The molecule has 1 amide bonds. The van der Waals surface area contributed by atoms with Crippen LogP contribution >= 0.6 is 23.7 Å².